The lowest BCUT2D eigenvalue weighted by Crippen LogP contribution is -2.36. The molecule has 0 bridgehead atoms. The number of nitrogens with one attached hydrogen (secondary N) is 1. The summed E-state index contributed by atoms with van der Waals surface area (Å²) in [5.74, 6) is 1.86. The van der Waals surface area contributed by atoms with Gasteiger partial charge in [-0.2, -0.15) is 0 Å². The van der Waals surface area contributed by atoms with Crippen LogP contribution in [0.4, 0.5) is 0 Å². The average Bonchev–Trinajstić information content (AvgIpc) is 2.59. The molecule has 0 spiro atoms. The molecule has 1 heterocycles. The summed E-state index contributed by atoms with van der Waals surface area (Å²) in [7, 11) is 1.92. The van der Waals surface area contributed by atoms with Crippen molar-refractivity contribution >= 4 is 17.3 Å². The van der Waals surface area contributed by atoms with E-state index in [4.69, 9.17) is 12.2 Å². The van der Waals surface area contributed by atoms with Crippen LogP contribution in [-0.4, -0.2) is 30.1 Å². The van der Waals surface area contributed by atoms with Crippen LogP contribution in [0.2, 0.25) is 0 Å². The zero-order valence-corrected chi connectivity index (χ0v) is 9.07. The second-order valence-corrected chi connectivity index (χ2v) is 4.65. The Morgan fingerprint density at radius 1 is 1.23 bits per heavy atom. The maximum absolute atomic E-state index is 5.25. The predicted octanol–water partition coefficient (Wildman–Crippen LogP) is 1.61. The first-order chi connectivity index (χ1) is 6.31. The van der Waals surface area contributed by atoms with E-state index in [-0.39, 0.29) is 0 Å². The monoisotopic (exact) mass is 198 g/mol. The molecule has 2 nitrogen and oxygen atoms in total. The highest BCUT2D eigenvalue weighted by atomic mass is 32.1. The minimum Gasteiger partial charge on any atom is -0.366 e. The smallest absolute Gasteiger partial charge is 0.168 e. The van der Waals surface area contributed by atoms with Crippen molar-refractivity contribution in [3.05, 3.63) is 0 Å². The van der Waals surface area contributed by atoms with Gasteiger partial charge in [0.05, 0.1) is 0 Å². The Kier molecular flexibility index (Phi) is 2.72. The molecular formula is C10H18N2S. The van der Waals surface area contributed by atoms with Gasteiger partial charge < -0.3 is 10.2 Å². The van der Waals surface area contributed by atoms with E-state index in [1.54, 1.807) is 0 Å². The zero-order chi connectivity index (χ0) is 9.26. The zero-order valence-electron chi connectivity index (χ0n) is 8.25. The third-order valence-corrected chi connectivity index (χ3v) is 3.94. The van der Waals surface area contributed by atoms with Crippen LogP contribution >= 0.6 is 12.2 Å². The number of fused-ring (bicyclic) bond motifs is 1. The first-order valence-electron chi connectivity index (χ1n) is 5.28. The van der Waals surface area contributed by atoms with E-state index >= 15 is 0 Å². The van der Waals surface area contributed by atoms with Gasteiger partial charge in [-0.15, -0.1) is 0 Å². The van der Waals surface area contributed by atoms with E-state index in [0.717, 1.165) is 16.9 Å². The Bertz CT molecular complexity index is 191. The molecule has 2 atom stereocenters. The van der Waals surface area contributed by atoms with Crippen molar-refractivity contribution in [2.75, 3.05) is 20.1 Å². The van der Waals surface area contributed by atoms with Crippen LogP contribution in [0.1, 0.15) is 25.7 Å². The van der Waals surface area contributed by atoms with Gasteiger partial charge in [-0.25, -0.2) is 0 Å². The minimum atomic E-state index is 0.931. The van der Waals surface area contributed by atoms with E-state index in [1.807, 2.05) is 7.05 Å². The Labute approximate surface area is 85.7 Å². The van der Waals surface area contributed by atoms with Crippen molar-refractivity contribution in [1.29, 1.82) is 0 Å². The molecule has 1 saturated heterocycles. The maximum atomic E-state index is 5.25. The summed E-state index contributed by atoms with van der Waals surface area (Å²) in [6.45, 7) is 2.40. The maximum Gasteiger partial charge on any atom is 0.168 e. The molecule has 2 aliphatic rings. The highest BCUT2D eigenvalue weighted by Crippen LogP contribution is 2.35. The van der Waals surface area contributed by atoms with Crippen LogP contribution in [0, 0.1) is 11.8 Å². The van der Waals surface area contributed by atoms with E-state index in [0.29, 0.717) is 0 Å². The number of nitrogens with zero attached hydrogens (tertiary/aromatic N) is 1. The summed E-state index contributed by atoms with van der Waals surface area (Å²) in [5, 5.41) is 4.01. The Morgan fingerprint density at radius 3 is 2.23 bits per heavy atom. The largest absolute Gasteiger partial charge is 0.366 e. The lowest BCUT2D eigenvalue weighted by Gasteiger charge is -2.22. The molecule has 2 fully saturated rings. The van der Waals surface area contributed by atoms with Gasteiger partial charge in [-0.1, -0.05) is 12.8 Å². The van der Waals surface area contributed by atoms with Crippen LogP contribution in [0.3, 0.4) is 0 Å². The van der Waals surface area contributed by atoms with Crippen molar-refractivity contribution in [2.45, 2.75) is 25.7 Å². The van der Waals surface area contributed by atoms with Gasteiger partial charge in [0.1, 0.15) is 0 Å². The van der Waals surface area contributed by atoms with E-state index < -0.39 is 0 Å². The summed E-state index contributed by atoms with van der Waals surface area (Å²) in [4.78, 5) is 2.34. The second kappa shape index (κ2) is 3.82. The molecule has 2 unspecified atom stereocenters. The molecule has 2 rings (SSSR count). The molecule has 1 saturated carbocycles. The van der Waals surface area contributed by atoms with Gasteiger partial charge in [-0.05, 0) is 36.9 Å². The molecule has 0 aromatic heterocycles. The normalized spacial score (nSPS) is 32.8. The summed E-state index contributed by atoms with van der Waals surface area (Å²) in [6.07, 6.45) is 5.71. The molecule has 74 valence electrons. The Morgan fingerprint density at radius 2 is 1.77 bits per heavy atom. The van der Waals surface area contributed by atoms with Crippen LogP contribution in [0.5, 0.6) is 0 Å². The SMILES string of the molecule is CNC(=S)N1CC2CCCCC2C1. The summed E-state index contributed by atoms with van der Waals surface area (Å²) < 4.78 is 0. The van der Waals surface area contributed by atoms with Crippen LogP contribution in [0.25, 0.3) is 0 Å². The lowest BCUT2D eigenvalue weighted by atomic mass is 9.82. The Hall–Kier alpha value is -0.310. The van der Waals surface area contributed by atoms with Gasteiger partial charge in [0, 0.05) is 20.1 Å². The highest BCUT2D eigenvalue weighted by Gasteiger charge is 2.34. The van der Waals surface area contributed by atoms with Gasteiger partial charge in [0.25, 0.3) is 0 Å². The summed E-state index contributed by atoms with van der Waals surface area (Å²) >= 11 is 5.25. The van der Waals surface area contributed by atoms with Gasteiger partial charge in [0.15, 0.2) is 5.11 Å². The average molecular weight is 198 g/mol. The van der Waals surface area contributed by atoms with Gasteiger partial charge in [-0.3, -0.25) is 0 Å². The van der Waals surface area contributed by atoms with Crippen molar-refractivity contribution < 1.29 is 0 Å². The van der Waals surface area contributed by atoms with Crippen LogP contribution in [0.15, 0.2) is 0 Å². The highest BCUT2D eigenvalue weighted by molar-refractivity contribution is 7.80. The molecule has 0 aromatic carbocycles. The summed E-state index contributed by atoms with van der Waals surface area (Å²) in [5.41, 5.74) is 0. The molecule has 1 aliphatic heterocycles. The number of likely N-dealkylation sites (tertiary alicyclic amines) is 1. The third kappa shape index (κ3) is 1.80. The fourth-order valence-corrected chi connectivity index (χ4v) is 2.88. The molecule has 0 amide bonds. The molecule has 13 heavy (non-hydrogen) atoms. The fraction of sp³-hybridized carbons (Fsp3) is 0.900. The van der Waals surface area contributed by atoms with E-state index in [1.165, 1.54) is 38.8 Å². The molecular weight excluding hydrogens is 180 g/mol. The Balaban J connectivity index is 1.94. The predicted molar refractivity (Wildman–Crippen MR) is 58.7 cm³/mol. The standard InChI is InChI=1S/C10H18N2S/c1-11-10(13)12-6-8-4-2-3-5-9(8)7-12/h8-9H,2-7H2,1H3,(H,11,13). The van der Waals surface area contributed by atoms with E-state index in [9.17, 15) is 0 Å². The second-order valence-electron chi connectivity index (χ2n) is 4.26. The molecule has 1 aliphatic carbocycles. The van der Waals surface area contributed by atoms with Gasteiger partial charge >= 0.3 is 0 Å². The van der Waals surface area contributed by atoms with Crippen molar-refractivity contribution in [3.8, 4) is 0 Å². The number of hydrogen-bond donors (Lipinski definition) is 1. The molecule has 0 aromatic rings. The molecule has 1 N–H and O–H groups in total. The number of rotatable bonds is 0. The number of hydrogen-bond acceptors (Lipinski definition) is 1. The van der Waals surface area contributed by atoms with Crippen molar-refractivity contribution in [3.63, 3.8) is 0 Å². The van der Waals surface area contributed by atoms with Gasteiger partial charge in [0.2, 0.25) is 0 Å². The van der Waals surface area contributed by atoms with Crippen LogP contribution in [-0.2, 0) is 0 Å². The summed E-state index contributed by atoms with van der Waals surface area (Å²) in [6, 6.07) is 0. The van der Waals surface area contributed by atoms with Crippen LogP contribution < -0.4 is 5.32 Å². The first kappa shape index (κ1) is 9.25. The quantitative estimate of drug-likeness (QED) is 0.595. The topological polar surface area (TPSA) is 15.3 Å². The first-order valence-corrected chi connectivity index (χ1v) is 5.68. The lowest BCUT2D eigenvalue weighted by molar-refractivity contribution is 0.299. The molecule has 0 radical (unpaired) electrons. The number of thiocarbonyl (C=S) groups is 1. The third-order valence-electron chi connectivity index (χ3n) is 3.48. The minimum absolute atomic E-state index is 0.931. The van der Waals surface area contributed by atoms with E-state index in [2.05, 4.69) is 10.2 Å². The fourth-order valence-electron chi connectivity index (χ4n) is 2.73. The van der Waals surface area contributed by atoms with Crippen molar-refractivity contribution in [1.82, 2.24) is 10.2 Å². The molecule has 3 heteroatoms. The van der Waals surface area contributed by atoms with Crippen molar-refractivity contribution in [2.24, 2.45) is 11.8 Å².